The first-order valence-electron chi connectivity index (χ1n) is 16.2. The Labute approximate surface area is 297 Å². The smallest absolute Gasteiger partial charge is 0.431 e. The fourth-order valence-corrected chi connectivity index (χ4v) is 6.87. The van der Waals surface area contributed by atoms with Crippen molar-refractivity contribution in [2.75, 3.05) is 33.5 Å². The molecule has 2 aliphatic heterocycles. The number of amides is 1. The van der Waals surface area contributed by atoms with E-state index in [1.807, 2.05) is 38.2 Å². The second-order valence-corrected chi connectivity index (χ2v) is 15.2. The van der Waals surface area contributed by atoms with Crippen molar-refractivity contribution in [1.82, 2.24) is 10.6 Å². The van der Waals surface area contributed by atoms with Gasteiger partial charge in [-0.25, -0.2) is 4.79 Å². The molecule has 0 radical (unpaired) electrons. The molecule has 1 aromatic rings. The Kier molecular flexibility index (Phi) is 17.8. The Morgan fingerprint density at radius 1 is 1.06 bits per heavy atom. The molecule has 3 rings (SSSR count). The van der Waals surface area contributed by atoms with Crippen LogP contribution in [-0.4, -0.2) is 127 Å². The fourth-order valence-electron chi connectivity index (χ4n) is 5.64. The molecular formula is C30H48BN2O13PS2. The molecule has 0 saturated carbocycles. The van der Waals surface area contributed by atoms with Gasteiger partial charge in [0.15, 0.2) is 6.29 Å². The zero-order valence-corrected chi connectivity index (χ0v) is 30.4. The van der Waals surface area contributed by atoms with E-state index in [2.05, 4.69) is 10.6 Å². The van der Waals surface area contributed by atoms with Crippen LogP contribution in [0, 0.1) is 5.92 Å². The topological polar surface area (TPSA) is 204 Å². The van der Waals surface area contributed by atoms with E-state index in [-0.39, 0.29) is 31.7 Å². The third kappa shape index (κ3) is 13.7. The first-order chi connectivity index (χ1) is 23.3. The number of carbonyl (C=O) groups excluding carboxylic acids is 2. The van der Waals surface area contributed by atoms with Gasteiger partial charge < -0.3 is 63.6 Å². The fraction of sp³-hybridized carbons (Fsp3) is 0.700. The molecule has 0 bridgehead atoms. The number of aliphatic hydroxyl groups excluding tert-OH is 3. The van der Waals surface area contributed by atoms with Gasteiger partial charge in [0.25, 0.3) is 0 Å². The van der Waals surface area contributed by atoms with Crippen molar-refractivity contribution in [3.8, 4) is 0 Å². The van der Waals surface area contributed by atoms with E-state index in [4.69, 9.17) is 56.8 Å². The van der Waals surface area contributed by atoms with Crippen LogP contribution >= 0.6 is 18.9 Å². The van der Waals surface area contributed by atoms with Gasteiger partial charge in [-0.05, 0) is 49.5 Å². The van der Waals surface area contributed by atoms with Crippen molar-refractivity contribution in [1.29, 1.82) is 0 Å². The average molecular weight is 751 g/mol. The summed E-state index contributed by atoms with van der Waals surface area (Å²) in [4.78, 5) is 34.9. The molecule has 49 heavy (non-hydrogen) atoms. The third-order valence-electron chi connectivity index (χ3n) is 8.20. The van der Waals surface area contributed by atoms with Crippen molar-refractivity contribution in [3.63, 3.8) is 0 Å². The maximum absolute atomic E-state index is 12.2. The third-order valence-corrected chi connectivity index (χ3v) is 10.2. The van der Waals surface area contributed by atoms with Crippen LogP contribution < -0.4 is 10.6 Å². The number of carbonyl (C=O) groups is 2. The lowest BCUT2D eigenvalue weighted by Crippen LogP contribution is -2.64. The van der Waals surface area contributed by atoms with Crippen LogP contribution in [0.1, 0.15) is 44.6 Å². The quantitative estimate of drug-likeness (QED) is 0.0372. The maximum Gasteiger partial charge on any atom is 0.508 e. The number of thiocarbonyl (C=S) groups is 1. The van der Waals surface area contributed by atoms with Gasteiger partial charge >= 0.3 is 12.9 Å². The first-order valence-corrected chi connectivity index (χ1v) is 19.2. The number of hydrogen-bond acceptors (Lipinski definition) is 14. The lowest BCUT2D eigenvalue weighted by molar-refractivity contribution is -0.270. The monoisotopic (exact) mass is 750 g/mol. The highest BCUT2D eigenvalue weighted by atomic mass is 32.5. The summed E-state index contributed by atoms with van der Waals surface area (Å²) < 4.78 is 38.7. The van der Waals surface area contributed by atoms with Gasteiger partial charge in [0.05, 0.1) is 11.6 Å². The number of hydrogen-bond donors (Lipinski definition) is 6. The number of ether oxygens (including phenoxy) is 5. The van der Waals surface area contributed by atoms with Gasteiger partial charge in [-0.2, -0.15) is 0 Å². The largest absolute Gasteiger partial charge is 0.508 e. The first kappa shape index (κ1) is 41.6. The number of nitrogens with one attached hydrogen (secondary N) is 2. The predicted molar refractivity (Wildman–Crippen MR) is 187 cm³/mol. The number of benzene rings is 1. The molecule has 2 fully saturated rings. The van der Waals surface area contributed by atoms with Gasteiger partial charge in [-0.15, -0.1) is 0 Å². The average Bonchev–Trinajstić information content (AvgIpc) is 3.36. The molecule has 2 aliphatic rings. The molecule has 0 aliphatic carbocycles. The van der Waals surface area contributed by atoms with Crippen LogP contribution in [0.2, 0.25) is 0 Å². The van der Waals surface area contributed by atoms with E-state index < -0.39 is 68.2 Å². The maximum atomic E-state index is 12.2. The highest BCUT2D eigenvalue weighted by Crippen LogP contribution is 2.48. The van der Waals surface area contributed by atoms with Gasteiger partial charge in [-0.3, -0.25) is 4.79 Å². The SMILES string of the molecule is B[C@@H]1O[C@H](COC(=O)OCc2ccccc2)C(OP(O)(=S)OC)[C@@H]1CCCNC(=S)CCCCO[C@@H]1O[C@H](CO)[C@H](O)[C@H](O)[C@H]1NC(C)=O. The minimum Gasteiger partial charge on any atom is -0.431 e. The van der Waals surface area contributed by atoms with Crippen LogP contribution in [0.5, 0.6) is 0 Å². The molecule has 0 aromatic heterocycles. The molecule has 19 heteroatoms. The molecule has 2 unspecified atom stereocenters. The lowest BCUT2D eigenvalue weighted by atomic mass is 9.82. The Morgan fingerprint density at radius 2 is 1.80 bits per heavy atom. The van der Waals surface area contributed by atoms with E-state index in [1.54, 1.807) is 0 Å². The zero-order valence-electron chi connectivity index (χ0n) is 27.9. The lowest BCUT2D eigenvalue weighted by Gasteiger charge is -2.42. The summed E-state index contributed by atoms with van der Waals surface area (Å²) in [7, 11) is 3.15. The number of unbranched alkanes of at least 4 members (excludes halogenated alkanes) is 1. The van der Waals surface area contributed by atoms with E-state index in [0.717, 1.165) is 5.56 Å². The van der Waals surface area contributed by atoms with Gasteiger partial charge in [0, 0.05) is 39.1 Å². The molecule has 276 valence electrons. The van der Waals surface area contributed by atoms with Crippen LogP contribution in [0.3, 0.4) is 0 Å². The summed E-state index contributed by atoms with van der Waals surface area (Å²) in [6.45, 7) is -2.07. The summed E-state index contributed by atoms with van der Waals surface area (Å²) in [5.41, 5.74) is 0.818. The molecule has 10 atom stereocenters. The summed E-state index contributed by atoms with van der Waals surface area (Å²) in [5, 5.41) is 35.7. The van der Waals surface area contributed by atoms with Gasteiger partial charge in [0.1, 0.15) is 57.6 Å². The zero-order chi connectivity index (χ0) is 36.0. The summed E-state index contributed by atoms with van der Waals surface area (Å²) >= 11 is 10.6. The summed E-state index contributed by atoms with van der Waals surface area (Å²) in [6, 6.07) is 7.93. The summed E-state index contributed by atoms with van der Waals surface area (Å²) in [6.07, 6.45) is -3.84. The standard InChI is InChI=1S/C30H48BN2O13PS2/c1-18(35)33-24-26(37)25(36)21(15-34)45-29(24)41-14-7-6-12-23(48)32-13-8-11-20-27(46-47(39,49)40-2)22(44-28(20)31)17-43-30(38)42-16-19-9-4-3-5-10-19/h3-5,9-10,20-22,24-29,34,36-37H,6-8,11-17,31H2,1-2H3,(H,32,48)(H,33,35)(H,39,49)/t20-,21+,22+,24+,25-,26+,27?,28+,29+,47?/m0/s1. The van der Waals surface area contributed by atoms with Crippen molar-refractivity contribution in [3.05, 3.63) is 35.9 Å². The highest BCUT2D eigenvalue weighted by molar-refractivity contribution is 8.07. The molecule has 2 saturated heterocycles. The van der Waals surface area contributed by atoms with E-state index in [1.165, 1.54) is 14.0 Å². The minimum atomic E-state index is -3.55. The Hall–Kier alpha value is -1.80. The van der Waals surface area contributed by atoms with E-state index in [9.17, 15) is 29.8 Å². The molecule has 6 N–H and O–H groups in total. The minimum absolute atomic E-state index is 0.0618. The van der Waals surface area contributed by atoms with Gasteiger partial charge in [-0.1, -0.05) is 42.5 Å². The number of rotatable bonds is 19. The van der Waals surface area contributed by atoms with Crippen LogP contribution in [-0.2, 0) is 55.9 Å². The molecule has 1 aromatic carbocycles. The second-order valence-electron chi connectivity index (χ2n) is 11.9. The molecule has 15 nitrogen and oxygen atoms in total. The highest BCUT2D eigenvalue weighted by Gasteiger charge is 2.46. The van der Waals surface area contributed by atoms with Crippen molar-refractivity contribution < 1.29 is 62.5 Å². The van der Waals surface area contributed by atoms with E-state index in [0.29, 0.717) is 43.6 Å². The van der Waals surface area contributed by atoms with Crippen LogP contribution in [0.25, 0.3) is 0 Å². The number of aliphatic hydroxyl groups is 3. The molecule has 1 amide bonds. The van der Waals surface area contributed by atoms with Crippen molar-refractivity contribution in [2.45, 2.75) is 94.5 Å². The molecule has 0 spiro atoms. The molecule has 2 heterocycles. The normalized spacial score (nSPS) is 29.5. The Morgan fingerprint density at radius 3 is 2.47 bits per heavy atom. The van der Waals surface area contributed by atoms with E-state index >= 15 is 0 Å². The summed E-state index contributed by atoms with van der Waals surface area (Å²) in [5.74, 6) is -0.603. The van der Waals surface area contributed by atoms with Crippen LogP contribution in [0.15, 0.2) is 30.3 Å². The Balaban J connectivity index is 1.39. The van der Waals surface area contributed by atoms with Crippen molar-refractivity contribution in [2.24, 2.45) is 5.92 Å². The van der Waals surface area contributed by atoms with Crippen molar-refractivity contribution >= 4 is 55.6 Å². The second kappa shape index (κ2) is 20.9. The molecular weight excluding hydrogens is 702 g/mol. The predicted octanol–water partition coefficient (Wildman–Crippen LogP) is 0.390. The van der Waals surface area contributed by atoms with Crippen LogP contribution in [0.4, 0.5) is 4.79 Å². The Bertz CT molecular complexity index is 1240. The van der Waals surface area contributed by atoms with Gasteiger partial charge in [0.2, 0.25) is 5.91 Å².